The Balaban J connectivity index is 2.11. The third-order valence-electron chi connectivity index (χ3n) is 4.36. The van der Waals surface area contributed by atoms with Crippen molar-refractivity contribution in [1.82, 2.24) is 14.8 Å². The molecule has 0 amide bonds. The number of anilines is 1. The van der Waals surface area contributed by atoms with Gasteiger partial charge in [0.15, 0.2) is 0 Å². The number of fused-ring (bicyclic) bond motifs is 1. The highest BCUT2D eigenvalue weighted by atomic mass is 32.2. The van der Waals surface area contributed by atoms with Gasteiger partial charge in [0.05, 0.1) is 28.9 Å². The molecule has 0 aliphatic carbocycles. The minimum Gasteiger partial charge on any atom is -0.468 e. The van der Waals surface area contributed by atoms with E-state index in [-0.39, 0.29) is 40.3 Å². The highest BCUT2D eigenvalue weighted by Gasteiger charge is 2.38. The van der Waals surface area contributed by atoms with Crippen LogP contribution in [0.25, 0.3) is 0 Å². The predicted octanol–water partition coefficient (Wildman–Crippen LogP) is 2.47. The smallest absolute Gasteiger partial charge is 0.338 e. The van der Waals surface area contributed by atoms with Crippen LogP contribution in [0.1, 0.15) is 18.5 Å². The van der Waals surface area contributed by atoms with Crippen molar-refractivity contribution in [2.75, 3.05) is 24.8 Å². The monoisotopic (exact) mass is 445 g/mol. The highest BCUT2D eigenvalue weighted by Crippen LogP contribution is 2.39. The van der Waals surface area contributed by atoms with Crippen LogP contribution in [-0.2, 0) is 19.1 Å². The summed E-state index contributed by atoms with van der Waals surface area (Å²) in [6, 6.07) is 5.11. The molecule has 0 fully saturated rings. The minimum absolute atomic E-state index is 0.0171. The molecular formula is C19H19N5O6S. The fourth-order valence-electron chi connectivity index (χ4n) is 3.02. The molecule has 1 aliphatic heterocycles. The molecule has 0 radical (unpaired) electrons. The van der Waals surface area contributed by atoms with Crippen LogP contribution in [0.3, 0.4) is 0 Å². The molecule has 0 bridgehead atoms. The number of nitro groups is 1. The molecular weight excluding hydrogens is 426 g/mol. The van der Waals surface area contributed by atoms with Gasteiger partial charge in [0.1, 0.15) is 12.6 Å². The van der Waals surface area contributed by atoms with Crippen LogP contribution in [0.4, 0.5) is 11.6 Å². The Morgan fingerprint density at radius 2 is 2.16 bits per heavy atom. The first-order valence-electron chi connectivity index (χ1n) is 9.02. The molecule has 1 aromatic heterocycles. The number of methoxy groups -OCH3 is 1. The summed E-state index contributed by atoms with van der Waals surface area (Å²) in [4.78, 5) is 39.8. The standard InChI is InChI=1S/C19H19N5O6S/c1-4-9-30-17(26)15-11(2)20-18-21-19(31-10-14(25)29-3)22-23(18)16(15)12-7-5-6-8-13(12)24(27)28/h4-8,16H,1,9-10H2,2-3H3,(H,20,21,22)/t16-/m0/s1. The zero-order chi connectivity index (χ0) is 22.5. The second-order valence-corrected chi connectivity index (χ2v) is 7.24. The molecule has 0 unspecified atom stereocenters. The third kappa shape index (κ3) is 4.58. The van der Waals surface area contributed by atoms with Gasteiger partial charge in [0, 0.05) is 11.8 Å². The van der Waals surface area contributed by atoms with Gasteiger partial charge in [0.25, 0.3) is 5.69 Å². The van der Waals surface area contributed by atoms with E-state index in [0.717, 1.165) is 11.8 Å². The van der Waals surface area contributed by atoms with Crippen LogP contribution >= 0.6 is 11.8 Å². The molecule has 0 saturated heterocycles. The SMILES string of the molecule is C=CCOC(=O)C1=C(C)Nc2nc(SCC(=O)OC)nn2[C@H]1c1ccccc1[N+](=O)[O-]. The lowest BCUT2D eigenvalue weighted by atomic mass is 9.94. The van der Waals surface area contributed by atoms with Gasteiger partial charge in [-0.1, -0.05) is 36.5 Å². The van der Waals surface area contributed by atoms with E-state index in [1.807, 2.05) is 0 Å². The van der Waals surface area contributed by atoms with E-state index >= 15 is 0 Å². The summed E-state index contributed by atoms with van der Waals surface area (Å²) in [5.74, 6) is -0.869. The van der Waals surface area contributed by atoms with E-state index in [1.54, 1.807) is 19.1 Å². The number of benzene rings is 1. The predicted molar refractivity (Wildman–Crippen MR) is 111 cm³/mol. The fraction of sp³-hybridized carbons (Fsp3) is 0.263. The first-order chi connectivity index (χ1) is 14.9. The van der Waals surface area contributed by atoms with Gasteiger partial charge in [-0.15, -0.1) is 5.10 Å². The average molecular weight is 445 g/mol. The van der Waals surface area contributed by atoms with Gasteiger partial charge < -0.3 is 14.8 Å². The molecule has 11 nitrogen and oxygen atoms in total. The van der Waals surface area contributed by atoms with Gasteiger partial charge in [0.2, 0.25) is 11.1 Å². The summed E-state index contributed by atoms with van der Waals surface area (Å²) in [7, 11) is 1.27. The van der Waals surface area contributed by atoms with Crippen molar-refractivity contribution in [3.63, 3.8) is 0 Å². The van der Waals surface area contributed by atoms with Gasteiger partial charge in [-0.25, -0.2) is 9.48 Å². The molecule has 2 heterocycles. The van der Waals surface area contributed by atoms with E-state index in [4.69, 9.17) is 4.74 Å². The maximum absolute atomic E-state index is 12.8. The second kappa shape index (κ2) is 9.43. The summed E-state index contributed by atoms with van der Waals surface area (Å²) < 4.78 is 11.2. The van der Waals surface area contributed by atoms with E-state index in [2.05, 4.69) is 26.7 Å². The first kappa shape index (κ1) is 22.0. The maximum Gasteiger partial charge on any atom is 0.338 e. The van der Waals surface area contributed by atoms with E-state index in [9.17, 15) is 19.7 Å². The molecule has 3 rings (SSSR count). The molecule has 162 valence electrons. The van der Waals surface area contributed by atoms with Crippen molar-refractivity contribution in [2.45, 2.75) is 18.1 Å². The van der Waals surface area contributed by atoms with Gasteiger partial charge in [-0.2, -0.15) is 4.98 Å². The van der Waals surface area contributed by atoms with Crippen LogP contribution in [0.15, 0.2) is 53.3 Å². The molecule has 1 N–H and O–H groups in total. The number of hydrogen-bond acceptors (Lipinski definition) is 10. The van der Waals surface area contributed by atoms with Gasteiger partial charge in [-0.05, 0) is 13.0 Å². The minimum atomic E-state index is -0.963. The molecule has 31 heavy (non-hydrogen) atoms. The summed E-state index contributed by atoms with van der Waals surface area (Å²) in [6.07, 6.45) is 1.42. The Morgan fingerprint density at radius 1 is 1.42 bits per heavy atom. The number of rotatable bonds is 8. The Morgan fingerprint density at radius 3 is 2.84 bits per heavy atom. The number of carbonyl (C=O) groups is 2. The lowest BCUT2D eigenvalue weighted by Crippen LogP contribution is -2.30. The number of para-hydroxylation sites is 1. The molecule has 1 aromatic carbocycles. The lowest BCUT2D eigenvalue weighted by Gasteiger charge is -2.27. The number of nitro benzene ring substituents is 1. The van der Waals surface area contributed by atoms with Crippen molar-refractivity contribution in [3.8, 4) is 0 Å². The Bertz CT molecular complexity index is 1080. The Kier molecular flexibility index (Phi) is 6.70. The number of thioether (sulfide) groups is 1. The average Bonchev–Trinajstić information content (AvgIpc) is 3.17. The van der Waals surface area contributed by atoms with E-state index < -0.39 is 22.9 Å². The van der Waals surface area contributed by atoms with Crippen molar-refractivity contribution in [1.29, 1.82) is 0 Å². The summed E-state index contributed by atoms with van der Waals surface area (Å²) in [5, 5.41) is 19.3. The molecule has 1 aliphatic rings. The van der Waals surface area contributed by atoms with Crippen molar-refractivity contribution in [3.05, 3.63) is 63.9 Å². The number of allylic oxidation sites excluding steroid dienone is 1. The van der Waals surface area contributed by atoms with Crippen molar-refractivity contribution >= 4 is 35.3 Å². The van der Waals surface area contributed by atoms with E-state index in [0.29, 0.717) is 5.70 Å². The third-order valence-corrected chi connectivity index (χ3v) is 5.17. The Labute approximate surface area is 181 Å². The molecule has 0 saturated carbocycles. The number of carbonyl (C=O) groups excluding carboxylic acids is 2. The second-order valence-electron chi connectivity index (χ2n) is 6.30. The van der Waals surface area contributed by atoms with Crippen LogP contribution < -0.4 is 5.32 Å². The zero-order valence-electron chi connectivity index (χ0n) is 16.7. The summed E-state index contributed by atoms with van der Waals surface area (Å²) >= 11 is 1.04. The van der Waals surface area contributed by atoms with Crippen molar-refractivity contribution in [2.24, 2.45) is 0 Å². The van der Waals surface area contributed by atoms with Crippen LogP contribution in [0.5, 0.6) is 0 Å². The molecule has 1 atom stereocenters. The molecule has 2 aromatic rings. The number of hydrogen-bond donors (Lipinski definition) is 1. The number of esters is 2. The highest BCUT2D eigenvalue weighted by molar-refractivity contribution is 7.99. The first-order valence-corrected chi connectivity index (χ1v) is 10.0. The quantitative estimate of drug-likeness (QED) is 0.212. The zero-order valence-corrected chi connectivity index (χ0v) is 17.5. The van der Waals surface area contributed by atoms with Crippen LogP contribution in [0.2, 0.25) is 0 Å². The van der Waals surface area contributed by atoms with Crippen molar-refractivity contribution < 1.29 is 24.0 Å². The topological polar surface area (TPSA) is 138 Å². The number of nitrogens with one attached hydrogen (secondary N) is 1. The Hall–Kier alpha value is -3.67. The normalized spacial score (nSPS) is 15.0. The van der Waals surface area contributed by atoms with Crippen LogP contribution in [0, 0.1) is 10.1 Å². The number of ether oxygens (including phenoxy) is 2. The lowest BCUT2D eigenvalue weighted by molar-refractivity contribution is -0.385. The largest absolute Gasteiger partial charge is 0.468 e. The number of nitrogens with zero attached hydrogens (tertiary/aromatic N) is 4. The summed E-state index contributed by atoms with van der Waals surface area (Å²) in [6.45, 7) is 5.15. The van der Waals surface area contributed by atoms with Gasteiger partial charge >= 0.3 is 11.9 Å². The maximum atomic E-state index is 12.8. The number of aromatic nitrogens is 3. The van der Waals surface area contributed by atoms with Gasteiger partial charge in [-0.3, -0.25) is 14.9 Å². The summed E-state index contributed by atoms with van der Waals surface area (Å²) in [5.41, 5.74) is 0.635. The molecule has 0 spiro atoms. The van der Waals surface area contributed by atoms with Crippen LogP contribution in [-0.4, -0.2) is 51.1 Å². The van der Waals surface area contributed by atoms with E-state index in [1.165, 1.54) is 30.0 Å². The fourth-order valence-corrected chi connectivity index (χ4v) is 3.69. The molecule has 12 heteroatoms.